The Kier molecular flexibility index (Phi) is 5.30. The molecule has 1 N–H and O–H groups in total. The Balaban J connectivity index is 1.80. The van der Waals surface area contributed by atoms with Crippen LogP contribution in [0.1, 0.15) is 16.1 Å². The number of aryl methyl sites for hydroxylation is 1. The Hall–Kier alpha value is -3.48. The molecule has 0 bridgehead atoms. The average molecular weight is 367 g/mol. The molecule has 0 aliphatic carbocycles. The third-order valence-corrected chi connectivity index (χ3v) is 4.25. The molecule has 1 aromatic heterocycles. The van der Waals surface area contributed by atoms with Crippen LogP contribution < -0.4 is 19.6 Å². The number of nitrogens with zero attached hydrogens (tertiary/aromatic N) is 2. The van der Waals surface area contributed by atoms with Crippen molar-refractivity contribution in [1.82, 2.24) is 9.99 Å². The van der Waals surface area contributed by atoms with Crippen LogP contribution in [0, 0.1) is 0 Å². The Morgan fingerprint density at radius 1 is 1.04 bits per heavy atom. The second-order valence-corrected chi connectivity index (χ2v) is 5.81. The molecule has 7 heteroatoms. The van der Waals surface area contributed by atoms with Crippen molar-refractivity contribution in [3.05, 3.63) is 53.7 Å². The average Bonchev–Trinajstić information content (AvgIpc) is 3.04. The maximum absolute atomic E-state index is 12.5. The van der Waals surface area contributed by atoms with Gasteiger partial charge in [0.25, 0.3) is 5.91 Å². The van der Waals surface area contributed by atoms with Crippen molar-refractivity contribution in [2.24, 2.45) is 12.1 Å². The quantitative estimate of drug-likeness (QED) is 0.537. The number of rotatable bonds is 6. The number of amides is 1. The van der Waals surface area contributed by atoms with E-state index in [2.05, 4.69) is 10.5 Å². The molecular weight excluding hydrogens is 346 g/mol. The zero-order chi connectivity index (χ0) is 19.4. The zero-order valence-corrected chi connectivity index (χ0v) is 15.6. The number of hydrogen-bond donors (Lipinski definition) is 1. The van der Waals surface area contributed by atoms with Crippen molar-refractivity contribution < 1.29 is 19.0 Å². The fourth-order valence-corrected chi connectivity index (χ4v) is 2.91. The molecule has 27 heavy (non-hydrogen) atoms. The lowest BCUT2D eigenvalue weighted by atomic mass is 10.2. The molecule has 140 valence electrons. The van der Waals surface area contributed by atoms with Crippen molar-refractivity contribution in [3.8, 4) is 17.2 Å². The van der Waals surface area contributed by atoms with Gasteiger partial charge in [-0.15, -0.1) is 0 Å². The Morgan fingerprint density at radius 2 is 1.70 bits per heavy atom. The first-order valence-corrected chi connectivity index (χ1v) is 8.27. The van der Waals surface area contributed by atoms with Crippen molar-refractivity contribution in [3.63, 3.8) is 0 Å². The Bertz CT molecular complexity index is 983. The maximum atomic E-state index is 12.5. The van der Waals surface area contributed by atoms with Crippen LogP contribution in [-0.4, -0.2) is 38.0 Å². The number of nitrogens with one attached hydrogen (secondary N) is 1. The molecule has 0 spiro atoms. The second kappa shape index (κ2) is 7.82. The Morgan fingerprint density at radius 3 is 2.30 bits per heavy atom. The van der Waals surface area contributed by atoms with Crippen LogP contribution in [0.4, 0.5) is 0 Å². The number of fused-ring (bicyclic) bond motifs is 1. The van der Waals surface area contributed by atoms with Gasteiger partial charge in [0, 0.05) is 23.5 Å². The van der Waals surface area contributed by atoms with E-state index in [-0.39, 0.29) is 5.91 Å². The minimum Gasteiger partial charge on any atom is -0.493 e. The van der Waals surface area contributed by atoms with E-state index in [1.807, 2.05) is 41.9 Å². The van der Waals surface area contributed by atoms with E-state index in [9.17, 15) is 4.79 Å². The second-order valence-electron chi connectivity index (χ2n) is 5.81. The van der Waals surface area contributed by atoms with Crippen molar-refractivity contribution in [2.75, 3.05) is 21.3 Å². The summed E-state index contributed by atoms with van der Waals surface area (Å²) in [7, 11) is 6.47. The molecule has 0 radical (unpaired) electrons. The normalized spacial score (nSPS) is 11.0. The summed E-state index contributed by atoms with van der Waals surface area (Å²) in [6.07, 6.45) is 1.52. The summed E-state index contributed by atoms with van der Waals surface area (Å²) < 4.78 is 17.7. The molecular formula is C20H21N3O4. The monoisotopic (exact) mass is 367 g/mol. The minimum absolute atomic E-state index is 0.294. The lowest BCUT2D eigenvalue weighted by molar-refractivity contribution is 0.0947. The molecule has 1 amide bonds. The summed E-state index contributed by atoms with van der Waals surface area (Å²) in [6, 6.07) is 13.1. The molecule has 0 aliphatic heterocycles. The van der Waals surface area contributed by atoms with Gasteiger partial charge < -0.3 is 18.8 Å². The summed E-state index contributed by atoms with van der Waals surface area (Å²) >= 11 is 0. The van der Waals surface area contributed by atoms with Crippen LogP contribution in [-0.2, 0) is 7.05 Å². The third kappa shape index (κ3) is 3.57. The van der Waals surface area contributed by atoms with E-state index < -0.39 is 0 Å². The SMILES string of the molecule is COc1cc(/C=N/NC(=O)c2cc3ccccc3n2C)cc(OC)c1OC. The first-order valence-electron chi connectivity index (χ1n) is 8.27. The first kappa shape index (κ1) is 18.3. The highest BCUT2D eigenvalue weighted by Crippen LogP contribution is 2.37. The standard InChI is InChI=1S/C20H21N3O4/c1-23-15-8-6-5-7-14(15)11-16(23)20(24)22-21-12-13-9-17(25-2)19(27-4)18(10-13)26-3/h5-12H,1-4H3,(H,22,24)/b21-12+. The van der Waals surface area contributed by atoms with Crippen LogP contribution in [0.5, 0.6) is 17.2 Å². The fourth-order valence-electron chi connectivity index (χ4n) is 2.91. The largest absolute Gasteiger partial charge is 0.493 e. The molecule has 3 aromatic rings. The maximum Gasteiger partial charge on any atom is 0.287 e. The topological polar surface area (TPSA) is 74.1 Å². The number of methoxy groups -OCH3 is 3. The van der Waals surface area contributed by atoms with Crippen LogP contribution in [0.15, 0.2) is 47.6 Å². The van der Waals surface area contributed by atoms with Crippen LogP contribution in [0.25, 0.3) is 10.9 Å². The summed E-state index contributed by atoms with van der Waals surface area (Å²) in [4.78, 5) is 12.5. The van der Waals surface area contributed by atoms with Gasteiger partial charge in [-0.3, -0.25) is 4.79 Å². The summed E-state index contributed by atoms with van der Waals surface area (Å²) in [5.74, 6) is 1.23. The molecule has 7 nitrogen and oxygen atoms in total. The molecule has 2 aromatic carbocycles. The van der Waals surface area contributed by atoms with E-state index in [4.69, 9.17) is 14.2 Å². The number of hydrazone groups is 1. The summed E-state index contributed by atoms with van der Waals surface area (Å²) in [5, 5.41) is 5.04. The summed E-state index contributed by atoms with van der Waals surface area (Å²) in [6.45, 7) is 0. The number of hydrogen-bond acceptors (Lipinski definition) is 5. The number of para-hydroxylation sites is 1. The van der Waals surface area contributed by atoms with Gasteiger partial charge >= 0.3 is 0 Å². The van der Waals surface area contributed by atoms with E-state index in [1.54, 1.807) is 26.4 Å². The predicted octanol–water partition coefficient (Wildman–Crippen LogP) is 2.97. The fraction of sp³-hybridized carbons (Fsp3) is 0.200. The van der Waals surface area contributed by atoms with E-state index in [1.165, 1.54) is 13.3 Å². The lowest BCUT2D eigenvalue weighted by Crippen LogP contribution is -2.20. The number of carbonyl (C=O) groups excluding carboxylic acids is 1. The van der Waals surface area contributed by atoms with Crippen molar-refractivity contribution in [2.45, 2.75) is 0 Å². The number of benzene rings is 2. The highest BCUT2D eigenvalue weighted by Gasteiger charge is 2.14. The molecule has 0 aliphatic rings. The van der Waals surface area contributed by atoms with Gasteiger partial charge in [-0.25, -0.2) is 5.43 Å². The highest BCUT2D eigenvalue weighted by atomic mass is 16.5. The zero-order valence-electron chi connectivity index (χ0n) is 15.6. The van der Waals surface area contributed by atoms with Gasteiger partial charge in [-0.2, -0.15) is 5.10 Å². The summed E-state index contributed by atoms with van der Waals surface area (Å²) in [5.41, 5.74) is 4.75. The van der Waals surface area contributed by atoms with Gasteiger partial charge in [0.2, 0.25) is 5.75 Å². The molecule has 3 rings (SSSR count). The van der Waals surface area contributed by atoms with Crippen LogP contribution in [0.2, 0.25) is 0 Å². The number of aromatic nitrogens is 1. The van der Waals surface area contributed by atoms with Gasteiger partial charge in [0.1, 0.15) is 5.69 Å². The van der Waals surface area contributed by atoms with Crippen molar-refractivity contribution in [1.29, 1.82) is 0 Å². The number of carbonyl (C=O) groups is 1. The van der Waals surface area contributed by atoms with Gasteiger partial charge in [0.05, 0.1) is 27.5 Å². The van der Waals surface area contributed by atoms with E-state index in [0.29, 0.717) is 28.5 Å². The smallest absolute Gasteiger partial charge is 0.287 e. The molecule has 1 heterocycles. The van der Waals surface area contributed by atoms with E-state index >= 15 is 0 Å². The molecule has 0 saturated heterocycles. The molecule has 0 atom stereocenters. The number of ether oxygens (including phenoxy) is 3. The minimum atomic E-state index is -0.294. The molecule has 0 fully saturated rings. The van der Waals surface area contributed by atoms with Gasteiger partial charge in [-0.05, 0) is 24.3 Å². The van der Waals surface area contributed by atoms with Crippen LogP contribution in [0.3, 0.4) is 0 Å². The molecule has 0 unspecified atom stereocenters. The lowest BCUT2D eigenvalue weighted by Gasteiger charge is -2.12. The Labute approximate surface area is 157 Å². The highest BCUT2D eigenvalue weighted by molar-refractivity contribution is 5.99. The molecule has 0 saturated carbocycles. The predicted molar refractivity (Wildman–Crippen MR) is 104 cm³/mol. The van der Waals surface area contributed by atoms with Crippen molar-refractivity contribution >= 4 is 23.0 Å². The first-order chi connectivity index (χ1) is 13.1. The van der Waals surface area contributed by atoms with E-state index in [0.717, 1.165) is 10.9 Å². The van der Waals surface area contributed by atoms with Gasteiger partial charge in [0.15, 0.2) is 11.5 Å². The third-order valence-electron chi connectivity index (χ3n) is 4.25. The van der Waals surface area contributed by atoms with Crippen LogP contribution >= 0.6 is 0 Å². The van der Waals surface area contributed by atoms with Gasteiger partial charge in [-0.1, -0.05) is 18.2 Å².